The molecule has 1 saturated carbocycles. The summed E-state index contributed by atoms with van der Waals surface area (Å²) >= 11 is 0. The molecule has 0 radical (unpaired) electrons. The first-order chi connectivity index (χ1) is 12.8. The number of hydrogen-bond donors (Lipinski definition) is 0. The average molecular weight is 472 g/mol. The fourth-order valence-corrected chi connectivity index (χ4v) is 2.98. The van der Waals surface area contributed by atoms with E-state index in [9.17, 15) is 0 Å². The van der Waals surface area contributed by atoms with Crippen molar-refractivity contribution < 1.29 is 25.2 Å². The smallest absolute Gasteiger partial charge is 0.0625 e. The molecule has 1 aliphatic carbocycles. The zero-order valence-corrected chi connectivity index (χ0v) is 18.8. The predicted molar refractivity (Wildman–Crippen MR) is 119 cm³/mol. The number of para-hydroxylation sites is 2. The third-order valence-corrected chi connectivity index (χ3v) is 4.38. The van der Waals surface area contributed by atoms with Crippen molar-refractivity contribution in [3.63, 3.8) is 0 Å². The Bertz CT molecular complexity index is 601. The summed E-state index contributed by atoms with van der Waals surface area (Å²) in [6, 6.07) is 20.3. The summed E-state index contributed by atoms with van der Waals surface area (Å²) in [4.78, 5) is 9.21. The van der Waals surface area contributed by atoms with Gasteiger partial charge < -0.3 is 12.2 Å². The molecule has 0 spiro atoms. The van der Waals surface area contributed by atoms with Crippen molar-refractivity contribution in [1.29, 1.82) is 0 Å². The minimum atomic E-state index is 0. The second kappa shape index (κ2) is 16.4. The first-order valence-corrected chi connectivity index (χ1v) is 9.59. The number of nitrogens with zero attached hydrogens (tertiary/aromatic N) is 2. The van der Waals surface area contributed by atoms with Crippen LogP contribution in [0.2, 0.25) is 0 Å². The molecule has 3 rings (SSSR count). The Kier molecular flexibility index (Phi) is 15.4. The van der Waals surface area contributed by atoms with Gasteiger partial charge in [-0.15, -0.1) is 0 Å². The second-order valence-electron chi connectivity index (χ2n) is 6.27. The van der Waals surface area contributed by atoms with Crippen LogP contribution in [-0.4, -0.2) is 25.6 Å². The fourth-order valence-electron chi connectivity index (χ4n) is 2.98. The van der Waals surface area contributed by atoms with Crippen molar-refractivity contribution in [3.8, 4) is 0 Å². The number of rotatable bonds is 6. The van der Waals surface area contributed by atoms with Crippen LogP contribution in [0.1, 0.15) is 33.1 Å². The van der Waals surface area contributed by atoms with Crippen LogP contribution in [-0.2, 0) is 25.2 Å². The number of ether oxygens (including phenoxy) is 1. The Morgan fingerprint density at radius 2 is 1.18 bits per heavy atom. The summed E-state index contributed by atoms with van der Waals surface area (Å²) in [5.41, 5.74) is 2.06. The maximum atomic E-state index is 4.83. The quantitative estimate of drug-likeness (QED) is 0.262. The van der Waals surface area contributed by atoms with Crippen molar-refractivity contribution in [2.24, 2.45) is 21.8 Å². The minimum absolute atomic E-state index is 0. The van der Waals surface area contributed by atoms with Gasteiger partial charge in [0, 0.05) is 57.9 Å². The van der Waals surface area contributed by atoms with E-state index in [1.807, 2.05) is 74.5 Å². The van der Waals surface area contributed by atoms with Crippen molar-refractivity contribution in [2.45, 2.75) is 33.1 Å². The third-order valence-electron chi connectivity index (χ3n) is 4.38. The van der Waals surface area contributed by atoms with Crippen molar-refractivity contribution >= 4 is 23.8 Å². The van der Waals surface area contributed by atoms with E-state index in [1.54, 1.807) is 0 Å². The molecule has 0 N–H and O–H groups in total. The van der Waals surface area contributed by atoms with Crippen LogP contribution in [0, 0.1) is 19.3 Å². The summed E-state index contributed by atoms with van der Waals surface area (Å²) in [6.07, 6.45) is 7.91. The van der Waals surface area contributed by atoms with Crippen LogP contribution in [0.25, 0.3) is 0 Å². The Morgan fingerprint density at radius 3 is 1.50 bits per heavy atom. The molecule has 0 amide bonds. The Balaban J connectivity index is 0.000000934. The van der Waals surface area contributed by atoms with Crippen LogP contribution in [0.5, 0.6) is 0 Å². The van der Waals surface area contributed by atoms with E-state index in [-0.39, 0.29) is 27.8 Å². The van der Waals surface area contributed by atoms with Gasteiger partial charge >= 0.3 is 0 Å². The summed E-state index contributed by atoms with van der Waals surface area (Å²) < 4.78 is 4.83. The molecule has 1 fully saturated rings. The SMILES string of the molecule is C(=Nc1ccccc1)C1CCCC1C=Nc1ccccc1.CCOCC.[CH3-].[Pd]. The zero-order valence-electron chi connectivity index (χ0n) is 17.2. The van der Waals surface area contributed by atoms with Gasteiger partial charge in [-0.3, -0.25) is 9.98 Å². The first kappa shape index (κ1) is 26.4. The Hall–Kier alpha value is -1.60. The number of aliphatic imine (C=N–C) groups is 2. The first-order valence-electron chi connectivity index (χ1n) is 9.59. The normalized spacial score (nSPS) is 18.2. The molecule has 0 aliphatic heterocycles. The zero-order chi connectivity index (χ0) is 18.5. The number of hydrogen-bond acceptors (Lipinski definition) is 3. The van der Waals surface area contributed by atoms with E-state index in [2.05, 4.69) is 22.4 Å². The van der Waals surface area contributed by atoms with Gasteiger partial charge in [-0.25, -0.2) is 0 Å². The molecule has 1 aliphatic rings. The van der Waals surface area contributed by atoms with E-state index >= 15 is 0 Å². The van der Waals surface area contributed by atoms with E-state index in [0.717, 1.165) is 24.6 Å². The third kappa shape index (κ3) is 10.1. The molecule has 2 aromatic rings. The van der Waals surface area contributed by atoms with Crippen LogP contribution >= 0.6 is 0 Å². The molecule has 3 nitrogen and oxygen atoms in total. The van der Waals surface area contributed by atoms with Gasteiger partial charge in [0.05, 0.1) is 11.4 Å². The van der Waals surface area contributed by atoms with Crippen LogP contribution in [0.15, 0.2) is 70.6 Å². The Labute approximate surface area is 185 Å². The monoisotopic (exact) mass is 471 g/mol. The van der Waals surface area contributed by atoms with E-state index < -0.39 is 0 Å². The second-order valence-corrected chi connectivity index (χ2v) is 6.27. The Morgan fingerprint density at radius 1 is 0.786 bits per heavy atom. The molecule has 0 saturated heterocycles. The molecule has 2 aromatic carbocycles. The fraction of sp³-hybridized carbons (Fsp3) is 0.375. The van der Waals surface area contributed by atoms with Crippen LogP contribution in [0.4, 0.5) is 11.4 Å². The molecule has 2 atom stereocenters. The van der Waals surface area contributed by atoms with E-state index in [1.165, 1.54) is 19.3 Å². The van der Waals surface area contributed by atoms with Gasteiger partial charge in [0.1, 0.15) is 0 Å². The summed E-state index contributed by atoms with van der Waals surface area (Å²) in [5.74, 6) is 1.02. The van der Waals surface area contributed by atoms with Gasteiger partial charge in [0.2, 0.25) is 0 Å². The maximum absolute atomic E-state index is 4.83. The molecule has 0 aromatic heterocycles. The van der Waals surface area contributed by atoms with Gasteiger partial charge in [-0.1, -0.05) is 42.8 Å². The predicted octanol–water partition coefficient (Wildman–Crippen LogP) is 6.70. The molecular formula is C24H33N2OPd-. The molecular weight excluding hydrogens is 439 g/mol. The molecule has 2 unspecified atom stereocenters. The van der Waals surface area contributed by atoms with E-state index in [0.29, 0.717) is 11.8 Å². The van der Waals surface area contributed by atoms with Gasteiger partial charge in [-0.2, -0.15) is 0 Å². The van der Waals surface area contributed by atoms with Crippen LogP contribution < -0.4 is 0 Å². The minimum Gasteiger partial charge on any atom is -0.382 e. The molecule has 0 heterocycles. The molecule has 28 heavy (non-hydrogen) atoms. The summed E-state index contributed by atoms with van der Waals surface area (Å²) in [5, 5.41) is 0. The van der Waals surface area contributed by atoms with Crippen molar-refractivity contribution in [2.75, 3.05) is 13.2 Å². The van der Waals surface area contributed by atoms with Gasteiger partial charge in [0.25, 0.3) is 0 Å². The molecule has 4 heteroatoms. The van der Waals surface area contributed by atoms with Gasteiger partial charge in [0.15, 0.2) is 0 Å². The van der Waals surface area contributed by atoms with Crippen molar-refractivity contribution in [1.82, 2.24) is 0 Å². The number of benzene rings is 2. The largest absolute Gasteiger partial charge is 0.382 e. The van der Waals surface area contributed by atoms with E-state index in [4.69, 9.17) is 4.74 Å². The summed E-state index contributed by atoms with van der Waals surface area (Å²) in [6.45, 7) is 5.67. The molecule has 0 bridgehead atoms. The summed E-state index contributed by atoms with van der Waals surface area (Å²) in [7, 11) is 0. The standard InChI is InChI=1S/C19H20N2.C4H10O.CH3.Pd/c1-3-10-18(11-4-1)20-14-16-8-7-9-17(16)15-21-19-12-5-2-6-13-19;1-3-5-4-2;;/h1-6,10-17H,7-9H2;3-4H2,1-2H3;1H3;/q;;-1;. The average Bonchev–Trinajstić information content (AvgIpc) is 3.15. The van der Waals surface area contributed by atoms with Crippen molar-refractivity contribution in [3.05, 3.63) is 68.1 Å². The van der Waals surface area contributed by atoms with Gasteiger partial charge in [-0.05, 0) is 51.0 Å². The maximum Gasteiger partial charge on any atom is 0.0625 e. The van der Waals surface area contributed by atoms with Crippen LogP contribution in [0.3, 0.4) is 0 Å². The molecule has 156 valence electrons. The topological polar surface area (TPSA) is 34.0 Å².